The molecular formula is C18H25N3O. The van der Waals surface area contributed by atoms with Crippen LogP contribution in [-0.4, -0.2) is 15.7 Å². The van der Waals surface area contributed by atoms with Crippen molar-refractivity contribution in [3.05, 3.63) is 52.8 Å². The van der Waals surface area contributed by atoms with Gasteiger partial charge >= 0.3 is 0 Å². The summed E-state index contributed by atoms with van der Waals surface area (Å²) >= 11 is 0. The summed E-state index contributed by atoms with van der Waals surface area (Å²) in [4.78, 5) is 12.3. The molecule has 1 aromatic heterocycles. The Bertz CT molecular complexity index is 646. The zero-order valence-corrected chi connectivity index (χ0v) is 14.1. The van der Waals surface area contributed by atoms with Crippen molar-refractivity contribution in [2.45, 2.75) is 53.1 Å². The SMILES string of the molecule is Cc1nn(C(C)CC(=O)NC(C)c2ccccc2)c(C)c1C. The normalized spacial score (nSPS) is 13.7. The summed E-state index contributed by atoms with van der Waals surface area (Å²) in [5.41, 5.74) is 4.48. The van der Waals surface area contributed by atoms with Gasteiger partial charge in [-0.2, -0.15) is 5.10 Å². The molecule has 22 heavy (non-hydrogen) atoms. The van der Waals surface area contributed by atoms with E-state index in [1.807, 2.05) is 55.8 Å². The van der Waals surface area contributed by atoms with E-state index in [0.717, 1.165) is 17.0 Å². The average molecular weight is 299 g/mol. The van der Waals surface area contributed by atoms with E-state index >= 15 is 0 Å². The largest absolute Gasteiger partial charge is 0.350 e. The van der Waals surface area contributed by atoms with Crippen molar-refractivity contribution in [3.63, 3.8) is 0 Å². The summed E-state index contributed by atoms with van der Waals surface area (Å²) in [5, 5.41) is 7.59. The number of benzene rings is 1. The highest BCUT2D eigenvalue weighted by Gasteiger charge is 2.17. The van der Waals surface area contributed by atoms with Crippen LogP contribution < -0.4 is 5.32 Å². The summed E-state index contributed by atoms with van der Waals surface area (Å²) in [6.45, 7) is 10.2. The number of aryl methyl sites for hydroxylation is 1. The number of carbonyl (C=O) groups excluding carboxylic acids is 1. The van der Waals surface area contributed by atoms with E-state index in [2.05, 4.69) is 24.3 Å². The molecule has 0 fully saturated rings. The number of amides is 1. The summed E-state index contributed by atoms with van der Waals surface area (Å²) in [6, 6.07) is 10.1. The number of rotatable bonds is 5. The van der Waals surface area contributed by atoms with Gasteiger partial charge in [-0.3, -0.25) is 9.48 Å². The first-order chi connectivity index (χ1) is 10.4. The lowest BCUT2D eigenvalue weighted by Gasteiger charge is -2.18. The molecule has 0 bridgehead atoms. The molecule has 0 aliphatic heterocycles. The predicted octanol–water partition coefficient (Wildman–Crippen LogP) is 3.64. The molecule has 1 N–H and O–H groups in total. The molecule has 118 valence electrons. The first-order valence-electron chi connectivity index (χ1n) is 7.76. The Labute approximate surface area is 132 Å². The first-order valence-corrected chi connectivity index (χ1v) is 7.76. The van der Waals surface area contributed by atoms with Crippen molar-refractivity contribution in [2.75, 3.05) is 0 Å². The fraction of sp³-hybridized carbons (Fsp3) is 0.444. The van der Waals surface area contributed by atoms with E-state index in [-0.39, 0.29) is 18.0 Å². The van der Waals surface area contributed by atoms with Crippen LogP contribution in [0.2, 0.25) is 0 Å². The van der Waals surface area contributed by atoms with E-state index in [9.17, 15) is 4.79 Å². The van der Waals surface area contributed by atoms with E-state index in [1.165, 1.54) is 5.56 Å². The van der Waals surface area contributed by atoms with Crippen molar-refractivity contribution in [3.8, 4) is 0 Å². The smallest absolute Gasteiger partial charge is 0.222 e. The fourth-order valence-corrected chi connectivity index (χ4v) is 2.65. The van der Waals surface area contributed by atoms with Crippen molar-refractivity contribution < 1.29 is 4.79 Å². The van der Waals surface area contributed by atoms with Crippen molar-refractivity contribution >= 4 is 5.91 Å². The molecule has 0 spiro atoms. The van der Waals surface area contributed by atoms with Gasteiger partial charge < -0.3 is 5.32 Å². The minimum atomic E-state index is 0.0168. The molecule has 4 heteroatoms. The molecule has 2 unspecified atom stereocenters. The molecule has 2 aromatic rings. The van der Waals surface area contributed by atoms with Gasteiger partial charge in [-0.1, -0.05) is 30.3 Å². The van der Waals surface area contributed by atoms with Gasteiger partial charge in [0.25, 0.3) is 0 Å². The second kappa shape index (κ2) is 6.77. The van der Waals surface area contributed by atoms with Crippen LogP contribution in [0.1, 0.15) is 54.9 Å². The average Bonchev–Trinajstić information content (AvgIpc) is 2.75. The van der Waals surface area contributed by atoms with Gasteiger partial charge in [0.2, 0.25) is 5.91 Å². The zero-order valence-electron chi connectivity index (χ0n) is 14.1. The molecule has 2 rings (SSSR count). The maximum atomic E-state index is 12.3. The summed E-state index contributed by atoms with van der Waals surface area (Å²) in [5.74, 6) is 0.0501. The van der Waals surface area contributed by atoms with Gasteiger partial charge in [0.1, 0.15) is 0 Å². The number of nitrogens with one attached hydrogen (secondary N) is 1. The molecule has 0 saturated carbocycles. The highest BCUT2D eigenvalue weighted by atomic mass is 16.1. The van der Waals surface area contributed by atoms with Crippen LogP contribution in [0.5, 0.6) is 0 Å². The van der Waals surface area contributed by atoms with Crippen LogP contribution >= 0.6 is 0 Å². The standard InChI is InChI=1S/C18H25N3O/c1-12(21-16(5)13(2)14(3)20-21)11-18(22)19-15(4)17-9-7-6-8-10-17/h6-10,12,15H,11H2,1-5H3,(H,19,22). The minimum Gasteiger partial charge on any atom is -0.350 e. The van der Waals surface area contributed by atoms with Crippen LogP contribution in [0.15, 0.2) is 30.3 Å². The molecule has 4 nitrogen and oxygen atoms in total. The van der Waals surface area contributed by atoms with Gasteiger partial charge in [0, 0.05) is 12.1 Å². The van der Waals surface area contributed by atoms with Crippen molar-refractivity contribution in [2.24, 2.45) is 0 Å². The lowest BCUT2D eigenvalue weighted by Crippen LogP contribution is -2.29. The summed E-state index contributed by atoms with van der Waals surface area (Å²) in [7, 11) is 0. The number of hydrogen-bond acceptors (Lipinski definition) is 2. The van der Waals surface area contributed by atoms with Crippen molar-refractivity contribution in [1.82, 2.24) is 15.1 Å². The minimum absolute atomic E-state index is 0.0168. The summed E-state index contributed by atoms with van der Waals surface area (Å²) in [6.07, 6.45) is 0.429. The summed E-state index contributed by atoms with van der Waals surface area (Å²) < 4.78 is 1.96. The number of aromatic nitrogens is 2. The quantitative estimate of drug-likeness (QED) is 0.916. The first kappa shape index (κ1) is 16.3. The van der Waals surface area contributed by atoms with Crippen LogP contribution in [-0.2, 0) is 4.79 Å². The molecule has 1 heterocycles. The van der Waals surface area contributed by atoms with Gasteiger partial charge in [0.15, 0.2) is 0 Å². The Morgan fingerprint density at radius 2 is 1.82 bits per heavy atom. The molecular weight excluding hydrogens is 274 g/mol. The zero-order chi connectivity index (χ0) is 16.3. The lowest BCUT2D eigenvalue weighted by molar-refractivity contribution is -0.122. The molecule has 0 aliphatic carbocycles. The molecule has 2 atom stereocenters. The van der Waals surface area contributed by atoms with Crippen molar-refractivity contribution in [1.29, 1.82) is 0 Å². The van der Waals surface area contributed by atoms with Gasteiger partial charge in [-0.15, -0.1) is 0 Å². The monoisotopic (exact) mass is 299 g/mol. The third kappa shape index (κ3) is 3.56. The van der Waals surface area contributed by atoms with Crippen LogP contribution in [0.3, 0.4) is 0 Å². The maximum absolute atomic E-state index is 12.3. The number of nitrogens with zero attached hydrogens (tertiary/aromatic N) is 2. The van der Waals surface area contributed by atoms with Gasteiger partial charge in [-0.25, -0.2) is 0 Å². The molecule has 0 aliphatic rings. The topological polar surface area (TPSA) is 46.9 Å². The predicted molar refractivity (Wildman–Crippen MR) is 88.8 cm³/mol. The van der Waals surface area contributed by atoms with E-state index in [4.69, 9.17) is 0 Å². The highest BCUT2D eigenvalue weighted by molar-refractivity contribution is 5.76. The third-order valence-corrected chi connectivity index (χ3v) is 4.26. The second-order valence-electron chi connectivity index (χ2n) is 5.99. The highest BCUT2D eigenvalue weighted by Crippen LogP contribution is 2.19. The molecule has 1 aromatic carbocycles. The third-order valence-electron chi connectivity index (χ3n) is 4.26. The van der Waals surface area contributed by atoms with Crippen LogP contribution in [0.25, 0.3) is 0 Å². The Balaban J connectivity index is 1.98. The van der Waals surface area contributed by atoms with E-state index in [0.29, 0.717) is 6.42 Å². The van der Waals surface area contributed by atoms with Crippen LogP contribution in [0.4, 0.5) is 0 Å². The number of carbonyl (C=O) groups is 1. The molecule has 0 saturated heterocycles. The Morgan fingerprint density at radius 1 is 1.18 bits per heavy atom. The second-order valence-corrected chi connectivity index (χ2v) is 5.99. The molecule has 0 radical (unpaired) electrons. The Morgan fingerprint density at radius 3 is 2.36 bits per heavy atom. The lowest BCUT2D eigenvalue weighted by atomic mass is 10.1. The maximum Gasteiger partial charge on any atom is 0.222 e. The van der Waals surface area contributed by atoms with E-state index in [1.54, 1.807) is 0 Å². The van der Waals surface area contributed by atoms with Crippen LogP contribution in [0, 0.1) is 20.8 Å². The number of hydrogen-bond donors (Lipinski definition) is 1. The fourth-order valence-electron chi connectivity index (χ4n) is 2.65. The van der Waals surface area contributed by atoms with Gasteiger partial charge in [-0.05, 0) is 45.7 Å². The van der Waals surface area contributed by atoms with E-state index < -0.39 is 0 Å². The van der Waals surface area contributed by atoms with Gasteiger partial charge in [0.05, 0.1) is 17.8 Å². The molecule has 1 amide bonds. The Hall–Kier alpha value is -2.10. The Kier molecular flexibility index (Phi) is 5.01.